The van der Waals surface area contributed by atoms with Gasteiger partial charge in [0.1, 0.15) is 5.82 Å². The van der Waals surface area contributed by atoms with E-state index >= 15 is 0 Å². The lowest BCUT2D eigenvalue weighted by Crippen LogP contribution is -2.04. The van der Waals surface area contributed by atoms with E-state index in [1.807, 2.05) is 13.1 Å². The molecule has 2 rings (SSSR count). The molecule has 0 saturated carbocycles. The van der Waals surface area contributed by atoms with Crippen LogP contribution in [0.5, 0.6) is 0 Å². The molecule has 0 amide bonds. The van der Waals surface area contributed by atoms with Crippen molar-refractivity contribution >= 4 is 15.9 Å². The minimum absolute atomic E-state index is 0.0243. The number of halogens is 2. The van der Waals surface area contributed by atoms with Gasteiger partial charge in [-0.25, -0.2) is 4.39 Å². The molecule has 17 heavy (non-hydrogen) atoms. The van der Waals surface area contributed by atoms with E-state index in [1.165, 1.54) is 6.07 Å². The second-order valence-electron chi connectivity index (χ2n) is 4.01. The van der Waals surface area contributed by atoms with Crippen molar-refractivity contribution in [3.8, 4) is 0 Å². The van der Waals surface area contributed by atoms with Crippen molar-refractivity contribution in [2.45, 2.75) is 19.5 Å². The van der Waals surface area contributed by atoms with Gasteiger partial charge in [-0.05, 0) is 40.5 Å². The van der Waals surface area contributed by atoms with Crippen molar-refractivity contribution in [2.24, 2.45) is 5.73 Å². The fourth-order valence-electron chi connectivity index (χ4n) is 1.53. The van der Waals surface area contributed by atoms with Gasteiger partial charge in [0, 0.05) is 17.8 Å². The molecule has 0 unspecified atom stereocenters. The number of rotatable bonds is 3. The van der Waals surface area contributed by atoms with Crippen LogP contribution in [0, 0.1) is 5.82 Å². The average Bonchev–Trinajstić information content (AvgIpc) is 2.72. The summed E-state index contributed by atoms with van der Waals surface area (Å²) in [7, 11) is 0. The molecule has 5 heteroatoms. The van der Waals surface area contributed by atoms with Gasteiger partial charge in [-0.1, -0.05) is 6.07 Å². The zero-order valence-electron chi connectivity index (χ0n) is 9.40. The molecule has 0 aliphatic carbocycles. The molecule has 0 fully saturated rings. The quantitative estimate of drug-likeness (QED) is 0.947. The summed E-state index contributed by atoms with van der Waals surface area (Å²) >= 11 is 3.16. The lowest BCUT2D eigenvalue weighted by molar-refractivity contribution is 0.617. The summed E-state index contributed by atoms with van der Waals surface area (Å²) in [5, 5.41) is 4.21. The van der Waals surface area contributed by atoms with Crippen LogP contribution in [0.4, 0.5) is 4.39 Å². The van der Waals surface area contributed by atoms with Gasteiger partial charge in [-0.15, -0.1) is 0 Å². The third kappa shape index (κ3) is 2.92. The van der Waals surface area contributed by atoms with Gasteiger partial charge in [0.25, 0.3) is 0 Å². The molecule has 0 radical (unpaired) electrons. The van der Waals surface area contributed by atoms with Crippen LogP contribution >= 0.6 is 15.9 Å². The molecule has 1 atom stereocenters. The summed E-state index contributed by atoms with van der Waals surface area (Å²) in [6.45, 7) is 2.52. The number of nitrogens with two attached hydrogens (primary N) is 1. The molecular formula is C12H13BrFN3. The SMILES string of the molecule is C[C@@H](N)c1cnn(Cc2ccc(F)c(Br)c2)c1. The van der Waals surface area contributed by atoms with Crippen molar-refractivity contribution in [3.05, 3.63) is 52.0 Å². The number of nitrogens with zero attached hydrogens (tertiary/aromatic N) is 2. The molecule has 1 heterocycles. The third-order valence-corrected chi connectivity index (χ3v) is 3.12. The van der Waals surface area contributed by atoms with Crippen LogP contribution in [-0.4, -0.2) is 9.78 Å². The molecule has 3 nitrogen and oxygen atoms in total. The number of hydrogen-bond acceptors (Lipinski definition) is 2. The Bertz CT molecular complexity index is 522. The first-order chi connectivity index (χ1) is 8.06. The molecule has 0 bridgehead atoms. The van der Waals surface area contributed by atoms with E-state index < -0.39 is 0 Å². The van der Waals surface area contributed by atoms with Crippen LogP contribution in [0.25, 0.3) is 0 Å². The van der Waals surface area contributed by atoms with E-state index in [0.29, 0.717) is 11.0 Å². The Labute approximate surface area is 108 Å². The highest BCUT2D eigenvalue weighted by atomic mass is 79.9. The van der Waals surface area contributed by atoms with Crippen molar-refractivity contribution in [1.82, 2.24) is 9.78 Å². The number of benzene rings is 1. The Hall–Kier alpha value is -1.20. The van der Waals surface area contributed by atoms with Crippen LogP contribution in [0.15, 0.2) is 35.1 Å². The maximum Gasteiger partial charge on any atom is 0.137 e. The van der Waals surface area contributed by atoms with Crippen LogP contribution in [-0.2, 0) is 6.54 Å². The highest BCUT2D eigenvalue weighted by Crippen LogP contribution is 2.17. The average molecular weight is 298 g/mol. The Balaban J connectivity index is 2.16. The summed E-state index contributed by atoms with van der Waals surface area (Å²) in [6, 6.07) is 4.91. The molecule has 0 spiro atoms. The molecule has 1 aromatic heterocycles. The van der Waals surface area contributed by atoms with Crippen LogP contribution in [0.1, 0.15) is 24.1 Å². The molecule has 2 N–H and O–H groups in total. The maximum atomic E-state index is 13.1. The lowest BCUT2D eigenvalue weighted by atomic mass is 10.2. The lowest BCUT2D eigenvalue weighted by Gasteiger charge is -2.03. The topological polar surface area (TPSA) is 43.8 Å². The van der Waals surface area contributed by atoms with E-state index in [2.05, 4.69) is 21.0 Å². The minimum atomic E-state index is -0.259. The summed E-state index contributed by atoms with van der Waals surface area (Å²) < 4.78 is 15.3. The second-order valence-corrected chi connectivity index (χ2v) is 4.86. The Morgan fingerprint density at radius 3 is 2.88 bits per heavy atom. The monoisotopic (exact) mass is 297 g/mol. The molecule has 0 aliphatic heterocycles. The molecule has 1 aromatic carbocycles. The maximum absolute atomic E-state index is 13.1. The highest BCUT2D eigenvalue weighted by Gasteiger charge is 2.05. The van der Waals surface area contributed by atoms with E-state index in [0.717, 1.165) is 11.1 Å². The smallest absolute Gasteiger partial charge is 0.137 e. The van der Waals surface area contributed by atoms with Crippen molar-refractivity contribution in [3.63, 3.8) is 0 Å². The Morgan fingerprint density at radius 1 is 1.53 bits per heavy atom. The van der Waals surface area contributed by atoms with Crippen LogP contribution in [0.3, 0.4) is 0 Å². The predicted molar refractivity (Wildman–Crippen MR) is 68.0 cm³/mol. The highest BCUT2D eigenvalue weighted by molar-refractivity contribution is 9.10. The standard InChI is InChI=1S/C12H13BrFN3/c1-8(15)10-5-16-17(7-10)6-9-2-3-12(14)11(13)4-9/h2-5,7-8H,6,15H2,1H3/t8-/m1/s1. The molecule has 0 saturated heterocycles. The molecule has 2 aromatic rings. The Kier molecular flexibility index (Phi) is 3.59. The summed E-state index contributed by atoms with van der Waals surface area (Å²) in [4.78, 5) is 0. The van der Waals surface area contributed by atoms with Crippen molar-refractivity contribution in [1.29, 1.82) is 0 Å². The van der Waals surface area contributed by atoms with Gasteiger partial charge >= 0.3 is 0 Å². The molecular weight excluding hydrogens is 285 g/mol. The second kappa shape index (κ2) is 4.98. The van der Waals surface area contributed by atoms with E-state index in [4.69, 9.17) is 5.73 Å². The largest absolute Gasteiger partial charge is 0.324 e. The number of hydrogen-bond donors (Lipinski definition) is 1. The first kappa shape index (κ1) is 12.3. The number of aromatic nitrogens is 2. The van der Waals surface area contributed by atoms with Gasteiger partial charge in [0.05, 0.1) is 17.2 Å². The predicted octanol–water partition coefficient (Wildman–Crippen LogP) is 2.85. The van der Waals surface area contributed by atoms with Crippen LogP contribution < -0.4 is 5.73 Å². The summed E-state index contributed by atoms with van der Waals surface area (Å²) in [5.41, 5.74) is 7.73. The van der Waals surface area contributed by atoms with Crippen molar-refractivity contribution in [2.75, 3.05) is 0 Å². The first-order valence-corrected chi connectivity index (χ1v) is 6.07. The molecule has 0 aliphatic rings. The fourth-order valence-corrected chi connectivity index (χ4v) is 1.95. The van der Waals surface area contributed by atoms with Crippen molar-refractivity contribution < 1.29 is 4.39 Å². The Morgan fingerprint density at radius 2 is 2.29 bits per heavy atom. The van der Waals surface area contributed by atoms with Gasteiger partial charge in [0.2, 0.25) is 0 Å². The normalized spacial score (nSPS) is 12.7. The van der Waals surface area contributed by atoms with Gasteiger partial charge < -0.3 is 5.73 Å². The van der Waals surface area contributed by atoms with E-state index in [1.54, 1.807) is 23.0 Å². The fraction of sp³-hybridized carbons (Fsp3) is 0.250. The van der Waals surface area contributed by atoms with Gasteiger partial charge in [0.15, 0.2) is 0 Å². The van der Waals surface area contributed by atoms with E-state index in [9.17, 15) is 4.39 Å². The van der Waals surface area contributed by atoms with Gasteiger partial charge in [-0.3, -0.25) is 4.68 Å². The third-order valence-electron chi connectivity index (χ3n) is 2.51. The summed E-state index contributed by atoms with van der Waals surface area (Å²) in [6.07, 6.45) is 3.66. The zero-order valence-corrected chi connectivity index (χ0v) is 11.0. The summed E-state index contributed by atoms with van der Waals surface area (Å²) in [5.74, 6) is -0.259. The van der Waals surface area contributed by atoms with Crippen LogP contribution in [0.2, 0.25) is 0 Å². The van der Waals surface area contributed by atoms with Gasteiger partial charge in [-0.2, -0.15) is 5.10 Å². The first-order valence-electron chi connectivity index (χ1n) is 5.28. The zero-order chi connectivity index (χ0) is 12.4. The molecule has 90 valence electrons. The van der Waals surface area contributed by atoms with E-state index in [-0.39, 0.29) is 11.9 Å². The minimum Gasteiger partial charge on any atom is -0.324 e.